The summed E-state index contributed by atoms with van der Waals surface area (Å²) in [6.07, 6.45) is 0. The van der Waals surface area contributed by atoms with Crippen molar-refractivity contribution in [1.29, 1.82) is 0 Å². The van der Waals surface area contributed by atoms with Crippen LogP contribution in [0.25, 0.3) is 5.69 Å². The molecule has 0 fully saturated rings. The number of amides is 1. The first-order valence-corrected chi connectivity index (χ1v) is 7.90. The van der Waals surface area contributed by atoms with E-state index in [0.29, 0.717) is 5.69 Å². The summed E-state index contributed by atoms with van der Waals surface area (Å²) in [7, 11) is 0. The van der Waals surface area contributed by atoms with Gasteiger partial charge in [-0.2, -0.15) is 14.5 Å². The average Bonchev–Trinajstić information content (AvgIpc) is 3.10. The number of aryl methyl sites for hydroxylation is 2. The Kier molecular flexibility index (Phi) is 4.73. The van der Waals surface area contributed by atoms with Crippen LogP contribution in [0.5, 0.6) is 0 Å². The largest absolute Gasteiger partial charge is 0.368 e. The topological polar surface area (TPSA) is 99.6 Å². The van der Waals surface area contributed by atoms with Crippen LogP contribution in [0.2, 0.25) is 0 Å². The van der Waals surface area contributed by atoms with E-state index in [9.17, 15) is 9.59 Å². The van der Waals surface area contributed by atoms with Crippen LogP contribution in [0.1, 0.15) is 11.4 Å². The molecule has 2 aromatic heterocycles. The lowest BCUT2D eigenvalue weighted by Gasteiger charge is -2.06. The van der Waals surface area contributed by atoms with Crippen molar-refractivity contribution in [3.05, 3.63) is 58.3 Å². The molecule has 0 saturated heterocycles. The Morgan fingerprint density at radius 3 is 2.56 bits per heavy atom. The van der Waals surface area contributed by atoms with Gasteiger partial charge in [0.25, 0.3) is 0 Å². The fourth-order valence-electron chi connectivity index (χ4n) is 2.47. The Morgan fingerprint density at radius 1 is 1.12 bits per heavy atom. The number of nitrogens with zero attached hydrogens (tertiary/aromatic N) is 6. The smallest absolute Gasteiger partial charge is 0.353 e. The number of nitrogens with one attached hydrogen (secondary N) is 1. The Morgan fingerprint density at radius 2 is 1.88 bits per heavy atom. The highest BCUT2D eigenvalue weighted by Crippen LogP contribution is 2.01. The molecule has 1 aromatic carbocycles. The molecule has 1 amide bonds. The average molecular weight is 341 g/mol. The van der Waals surface area contributed by atoms with Gasteiger partial charge in [0, 0.05) is 12.2 Å². The minimum atomic E-state index is -0.348. The minimum Gasteiger partial charge on any atom is -0.353 e. The number of hydrogen-bond acceptors (Lipinski definition) is 5. The predicted octanol–water partition coefficient (Wildman–Crippen LogP) is 0.0587. The summed E-state index contributed by atoms with van der Waals surface area (Å²) in [5.41, 5.74) is 2.09. The van der Waals surface area contributed by atoms with E-state index in [-0.39, 0.29) is 31.2 Å². The maximum Gasteiger partial charge on any atom is 0.368 e. The fraction of sp³-hybridized carbons (Fsp3) is 0.312. The zero-order valence-electron chi connectivity index (χ0n) is 14.1. The van der Waals surface area contributed by atoms with Crippen molar-refractivity contribution >= 4 is 5.91 Å². The first-order chi connectivity index (χ1) is 12.0. The van der Waals surface area contributed by atoms with Crippen molar-refractivity contribution < 1.29 is 4.79 Å². The van der Waals surface area contributed by atoms with E-state index in [1.807, 2.05) is 38.1 Å². The molecule has 3 aromatic rings. The van der Waals surface area contributed by atoms with Crippen molar-refractivity contribution in [3.63, 3.8) is 0 Å². The van der Waals surface area contributed by atoms with E-state index in [1.165, 1.54) is 9.36 Å². The van der Waals surface area contributed by atoms with E-state index in [2.05, 4.69) is 20.8 Å². The van der Waals surface area contributed by atoms with Crippen molar-refractivity contribution in [2.24, 2.45) is 0 Å². The van der Waals surface area contributed by atoms with Gasteiger partial charge in [-0.3, -0.25) is 9.48 Å². The SMILES string of the molecule is Cc1cc(C)n(CC(=O)NCCn2nnn(-c3ccccc3)c2=O)n1. The molecule has 3 rings (SSSR count). The van der Waals surface area contributed by atoms with E-state index in [1.54, 1.807) is 16.8 Å². The molecule has 0 atom stereocenters. The van der Waals surface area contributed by atoms with Crippen molar-refractivity contribution in [2.75, 3.05) is 6.54 Å². The molecule has 9 heteroatoms. The van der Waals surface area contributed by atoms with E-state index in [0.717, 1.165) is 11.4 Å². The molecule has 0 aliphatic rings. The van der Waals surface area contributed by atoms with Crippen molar-refractivity contribution in [1.82, 2.24) is 34.9 Å². The number of carbonyl (C=O) groups is 1. The van der Waals surface area contributed by atoms with Gasteiger partial charge in [-0.1, -0.05) is 18.2 Å². The van der Waals surface area contributed by atoms with E-state index < -0.39 is 0 Å². The van der Waals surface area contributed by atoms with Crippen LogP contribution in [-0.4, -0.2) is 42.0 Å². The molecule has 0 saturated carbocycles. The summed E-state index contributed by atoms with van der Waals surface area (Å²) in [4.78, 5) is 24.2. The molecule has 0 aliphatic heterocycles. The molecule has 9 nitrogen and oxygen atoms in total. The molecule has 0 radical (unpaired) electrons. The predicted molar refractivity (Wildman–Crippen MR) is 90.3 cm³/mol. The highest BCUT2D eigenvalue weighted by atomic mass is 16.2. The second-order valence-corrected chi connectivity index (χ2v) is 5.67. The summed E-state index contributed by atoms with van der Waals surface area (Å²) >= 11 is 0. The number of hydrogen-bond donors (Lipinski definition) is 1. The monoisotopic (exact) mass is 341 g/mol. The molecule has 1 N–H and O–H groups in total. The molecular formula is C16H19N7O2. The maximum absolute atomic E-state index is 12.3. The van der Waals surface area contributed by atoms with Crippen LogP contribution in [0.4, 0.5) is 0 Å². The Balaban J connectivity index is 1.56. The van der Waals surface area contributed by atoms with Crippen molar-refractivity contribution in [2.45, 2.75) is 26.9 Å². The zero-order chi connectivity index (χ0) is 17.8. The summed E-state index contributed by atoms with van der Waals surface area (Å²) in [5.74, 6) is -0.172. The molecule has 130 valence electrons. The molecule has 0 spiro atoms. The third-order valence-corrected chi connectivity index (χ3v) is 3.68. The summed E-state index contributed by atoms with van der Waals surface area (Å²) in [6.45, 7) is 4.45. The number of benzene rings is 1. The highest BCUT2D eigenvalue weighted by Gasteiger charge is 2.10. The van der Waals surface area contributed by atoms with Gasteiger partial charge in [-0.25, -0.2) is 4.79 Å². The third kappa shape index (κ3) is 3.82. The normalized spacial score (nSPS) is 10.8. The Hall–Kier alpha value is -3.23. The number of tetrazole rings is 1. The van der Waals surface area contributed by atoms with Crippen LogP contribution in [0, 0.1) is 13.8 Å². The Labute approximate surface area is 143 Å². The number of para-hydroxylation sites is 1. The first-order valence-electron chi connectivity index (χ1n) is 7.90. The second-order valence-electron chi connectivity index (χ2n) is 5.67. The van der Waals surface area contributed by atoms with Crippen molar-refractivity contribution in [3.8, 4) is 5.69 Å². The molecule has 0 unspecified atom stereocenters. The summed E-state index contributed by atoms with van der Waals surface area (Å²) in [5, 5.41) is 14.7. The quantitative estimate of drug-likeness (QED) is 0.683. The number of rotatable bonds is 6. The van der Waals surface area contributed by atoms with Crippen LogP contribution >= 0.6 is 0 Å². The molecule has 25 heavy (non-hydrogen) atoms. The van der Waals surface area contributed by atoms with Crippen LogP contribution in [0.3, 0.4) is 0 Å². The lowest BCUT2D eigenvalue weighted by atomic mass is 10.3. The summed E-state index contributed by atoms with van der Waals surface area (Å²) < 4.78 is 4.08. The number of aromatic nitrogens is 6. The minimum absolute atomic E-state index is 0.144. The van der Waals surface area contributed by atoms with E-state index >= 15 is 0 Å². The summed E-state index contributed by atoms with van der Waals surface area (Å²) in [6, 6.07) is 11.0. The molecule has 0 aliphatic carbocycles. The maximum atomic E-state index is 12.3. The van der Waals surface area contributed by atoms with Gasteiger partial charge in [-0.15, -0.1) is 0 Å². The fourth-order valence-corrected chi connectivity index (χ4v) is 2.47. The Bertz CT molecular complexity index is 924. The standard InChI is InChI=1S/C16H19N7O2/c1-12-10-13(2)22(18-12)11-15(24)17-8-9-21-16(25)23(20-19-21)14-6-4-3-5-7-14/h3-7,10H,8-9,11H2,1-2H3,(H,17,24). The van der Waals surface area contributed by atoms with Gasteiger partial charge >= 0.3 is 5.69 Å². The van der Waals surface area contributed by atoms with Gasteiger partial charge in [0.15, 0.2) is 0 Å². The van der Waals surface area contributed by atoms with Gasteiger partial charge < -0.3 is 5.32 Å². The number of carbonyl (C=O) groups excluding carboxylic acids is 1. The highest BCUT2D eigenvalue weighted by molar-refractivity contribution is 5.75. The van der Waals surface area contributed by atoms with E-state index in [4.69, 9.17) is 0 Å². The molecule has 0 bridgehead atoms. The lowest BCUT2D eigenvalue weighted by molar-refractivity contribution is -0.121. The lowest BCUT2D eigenvalue weighted by Crippen LogP contribution is -2.34. The molecule has 2 heterocycles. The molecular weight excluding hydrogens is 322 g/mol. The van der Waals surface area contributed by atoms with Crippen LogP contribution in [0.15, 0.2) is 41.2 Å². The van der Waals surface area contributed by atoms with Gasteiger partial charge in [0.2, 0.25) is 5.91 Å². The van der Waals surface area contributed by atoms with Gasteiger partial charge in [-0.05, 0) is 42.5 Å². The second kappa shape index (κ2) is 7.12. The van der Waals surface area contributed by atoms with Gasteiger partial charge in [0.05, 0.1) is 17.9 Å². The van der Waals surface area contributed by atoms with Crippen LogP contribution in [-0.2, 0) is 17.9 Å². The zero-order valence-corrected chi connectivity index (χ0v) is 14.1. The van der Waals surface area contributed by atoms with Crippen LogP contribution < -0.4 is 11.0 Å². The first kappa shape index (κ1) is 16.6. The third-order valence-electron chi connectivity index (χ3n) is 3.68. The van der Waals surface area contributed by atoms with Gasteiger partial charge in [0.1, 0.15) is 6.54 Å².